The lowest BCUT2D eigenvalue weighted by Crippen LogP contribution is -2.48. The normalized spacial score (nSPS) is 31.6. The molecule has 3 N–H and O–H groups in total. The van der Waals surface area contributed by atoms with Crippen LogP contribution in [0.4, 0.5) is 0 Å². The van der Waals surface area contributed by atoms with Crippen LogP contribution in [0.25, 0.3) is 0 Å². The Balaban J connectivity index is 2.33. The van der Waals surface area contributed by atoms with Crippen molar-refractivity contribution in [2.75, 3.05) is 24.4 Å². The standard InChI is InChI=1S/C10H21NO3S2/c1-16(13,14)6-5-15-9-3-2-4-10(11,7-9)8-12/h9,12H,2-8,11H2,1H3. The van der Waals surface area contributed by atoms with Gasteiger partial charge in [-0.25, -0.2) is 8.42 Å². The fraction of sp³-hybridized carbons (Fsp3) is 1.00. The Morgan fingerprint density at radius 1 is 1.56 bits per heavy atom. The second-order valence-corrected chi connectivity index (χ2v) is 8.41. The zero-order valence-electron chi connectivity index (χ0n) is 9.68. The van der Waals surface area contributed by atoms with Crippen LogP contribution >= 0.6 is 11.8 Å². The molecule has 96 valence electrons. The van der Waals surface area contributed by atoms with Crippen molar-refractivity contribution in [1.29, 1.82) is 0 Å². The summed E-state index contributed by atoms with van der Waals surface area (Å²) in [4.78, 5) is 0. The minimum absolute atomic E-state index is 0.0239. The molecular weight excluding hydrogens is 246 g/mol. The Bertz CT molecular complexity index is 318. The maximum Gasteiger partial charge on any atom is 0.148 e. The van der Waals surface area contributed by atoms with Gasteiger partial charge in [-0.1, -0.05) is 6.42 Å². The minimum Gasteiger partial charge on any atom is -0.394 e. The summed E-state index contributed by atoms with van der Waals surface area (Å²) in [5.74, 6) is 0.857. The summed E-state index contributed by atoms with van der Waals surface area (Å²) in [7, 11) is -2.86. The molecule has 6 heteroatoms. The highest BCUT2D eigenvalue weighted by Gasteiger charge is 2.32. The van der Waals surface area contributed by atoms with Gasteiger partial charge in [0.25, 0.3) is 0 Å². The molecule has 0 aromatic carbocycles. The van der Waals surface area contributed by atoms with E-state index < -0.39 is 15.4 Å². The second kappa shape index (κ2) is 5.71. The van der Waals surface area contributed by atoms with Crippen molar-refractivity contribution in [3.05, 3.63) is 0 Å². The molecule has 2 unspecified atom stereocenters. The van der Waals surface area contributed by atoms with Crippen molar-refractivity contribution in [2.45, 2.75) is 36.5 Å². The molecule has 1 aliphatic carbocycles. The summed E-state index contributed by atoms with van der Waals surface area (Å²) in [6.45, 7) is 0.0239. The van der Waals surface area contributed by atoms with Crippen LogP contribution in [0.1, 0.15) is 25.7 Å². The fourth-order valence-electron chi connectivity index (χ4n) is 1.99. The number of hydrogen-bond donors (Lipinski definition) is 2. The molecule has 1 saturated carbocycles. The quantitative estimate of drug-likeness (QED) is 0.753. The summed E-state index contributed by atoms with van der Waals surface area (Å²) in [6.07, 6.45) is 5.01. The van der Waals surface area contributed by atoms with E-state index in [4.69, 9.17) is 5.73 Å². The number of nitrogens with two attached hydrogens (primary N) is 1. The summed E-state index contributed by atoms with van der Waals surface area (Å²) in [6, 6.07) is 0. The number of sulfone groups is 1. The van der Waals surface area contributed by atoms with E-state index in [1.807, 2.05) is 0 Å². The van der Waals surface area contributed by atoms with Crippen LogP contribution in [0.5, 0.6) is 0 Å². The summed E-state index contributed by atoms with van der Waals surface area (Å²) < 4.78 is 22.0. The molecule has 0 spiro atoms. The van der Waals surface area contributed by atoms with Crippen LogP contribution in [0.2, 0.25) is 0 Å². The largest absolute Gasteiger partial charge is 0.394 e. The van der Waals surface area contributed by atoms with E-state index in [0.29, 0.717) is 11.0 Å². The number of aliphatic hydroxyl groups is 1. The molecule has 0 aliphatic heterocycles. The van der Waals surface area contributed by atoms with Gasteiger partial charge in [-0.05, 0) is 19.3 Å². The molecule has 16 heavy (non-hydrogen) atoms. The zero-order valence-corrected chi connectivity index (χ0v) is 11.3. The van der Waals surface area contributed by atoms with Gasteiger partial charge in [0.1, 0.15) is 9.84 Å². The van der Waals surface area contributed by atoms with E-state index in [2.05, 4.69) is 0 Å². The van der Waals surface area contributed by atoms with Crippen molar-refractivity contribution in [2.24, 2.45) is 5.73 Å². The van der Waals surface area contributed by atoms with Gasteiger partial charge in [-0.3, -0.25) is 0 Å². The monoisotopic (exact) mass is 267 g/mol. The van der Waals surface area contributed by atoms with Gasteiger partial charge in [-0.2, -0.15) is 11.8 Å². The van der Waals surface area contributed by atoms with E-state index in [1.165, 1.54) is 6.26 Å². The van der Waals surface area contributed by atoms with Gasteiger partial charge in [0.05, 0.1) is 12.4 Å². The molecular formula is C10H21NO3S2. The molecule has 2 atom stereocenters. The average Bonchev–Trinajstić information content (AvgIpc) is 2.16. The first-order valence-electron chi connectivity index (χ1n) is 5.54. The van der Waals surface area contributed by atoms with E-state index in [0.717, 1.165) is 25.7 Å². The Morgan fingerprint density at radius 2 is 2.25 bits per heavy atom. The number of rotatable bonds is 5. The first kappa shape index (κ1) is 14.3. The molecule has 0 amide bonds. The fourth-order valence-corrected chi connectivity index (χ4v) is 4.70. The predicted molar refractivity (Wildman–Crippen MR) is 68.4 cm³/mol. The number of hydrogen-bond acceptors (Lipinski definition) is 5. The maximum atomic E-state index is 11.0. The Labute approximate surface area is 102 Å². The van der Waals surface area contributed by atoms with Gasteiger partial charge in [0.2, 0.25) is 0 Å². The molecule has 0 bridgehead atoms. The summed E-state index contributed by atoms with van der Waals surface area (Å²) in [5, 5.41) is 9.59. The van der Waals surface area contributed by atoms with Gasteiger partial charge in [0.15, 0.2) is 0 Å². The first-order chi connectivity index (χ1) is 7.35. The third kappa shape index (κ3) is 5.03. The smallest absolute Gasteiger partial charge is 0.148 e. The summed E-state index contributed by atoms with van der Waals surface area (Å²) >= 11 is 1.67. The van der Waals surface area contributed by atoms with E-state index in [1.54, 1.807) is 11.8 Å². The van der Waals surface area contributed by atoms with Crippen LogP contribution in [0.3, 0.4) is 0 Å². The van der Waals surface area contributed by atoms with Crippen molar-refractivity contribution >= 4 is 21.6 Å². The van der Waals surface area contributed by atoms with Gasteiger partial charge in [-0.15, -0.1) is 0 Å². The lowest BCUT2D eigenvalue weighted by atomic mass is 9.83. The molecule has 0 heterocycles. The first-order valence-corrected chi connectivity index (χ1v) is 8.65. The predicted octanol–water partition coefficient (Wildman–Crippen LogP) is 0.397. The average molecular weight is 267 g/mol. The zero-order chi connectivity index (χ0) is 12.2. The van der Waals surface area contributed by atoms with Crippen LogP contribution in [-0.4, -0.2) is 48.7 Å². The third-order valence-corrected chi connectivity index (χ3v) is 5.48. The Morgan fingerprint density at radius 3 is 2.81 bits per heavy atom. The highest BCUT2D eigenvalue weighted by Crippen LogP contribution is 2.33. The Kier molecular flexibility index (Phi) is 5.10. The van der Waals surface area contributed by atoms with Gasteiger partial charge in [0, 0.05) is 22.8 Å². The second-order valence-electron chi connectivity index (χ2n) is 4.74. The van der Waals surface area contributed by atoms with Crippen LogP contribution in [0, 0.1) is 0 Å². The highest BCUT2D eigenvalue weighted by atomic mass is 32.2. The molecule has 1 fully saturated rings. The lowest BCUT2D eigenvalue weighted by Gasteiger charge is -2.36. The van der Waals surface area contributed by atoms with Crippen molar-refractivity contribution in [3.63, 3.8) is 0 Å². The van der Waals surface area contributed by atoms with Crippen molar-refractivity contribution in [1.82, 2.24) is 0 Å². The molecule has 1 aliphatic rings. The molecule has 0 saturated heterocycles. The molecule has 0 radical (unpaired) electrons. The van der Waals surface area contributed by atoms with Gasteiger partial charge >= 0.3 is 0 Å². The number of thioether (sulfide) groups is 1. The molecule has 4 nitrogen and oxygen atoms in total. The van der Waals surface area contributed by atoms with Crippen molar-refractivity contribution in [3.8, 4) is 0 Å². The van der Waals surface area contributed by atoms with E-state index >= 15 is 0 Å². The van der Waals surface area contributed by atoms with Crippen LogP contribution in [-0.2, 0) is 9.84 Å². The molecule has 1 rings (SSSR count). The third-order valence-electron chi connectivity index (χ3n) is 2.96. The van der Waals surface area contributed by atoms with E-state index in [-0.39, 0.29) is 12.4 Å². The molecule has 0 aromatic heterocycles. The van der Waals surface area contributed by atoms with Crippen LogP contribution < -0.4 is 5.73 Å². The van der Waals surface area contributed by atoms with Gasteiger partial charge < -0.3 is 10.8 Å². The van der Waals surface area contributed by atoms with Crippen molar-refractivity contribution < 1.29 is 13.5 Å². The lowest BCUT2D eigenvalue weighted by molar-refractivity contribution is 0.159. The SMILES string of the molecule is CS(=O)(=O)CCSC1CCCC(N)(CO)C1. The molecule has 0 aromatic rings. The minimum atomic E-state index is -2.86. The Hall–Kier alpha value is 0.220. The topological polar surface area (TPSA) is 80.4 Å². The maximum absolute atomic E-state index is 11.0. The van der Waals surface area contributed by atoms with E-state index in [9.17, 15) is 13.5 Å². The van der Waals surface area contributed by atoms with Crippen LogP contribution in [0.15, 0.2) is 0 Å². The highest BCUT2D eigenvalue weighted by molar-refractivity contribution is 8.01. The summed E-state index contributed by atoms with van der Waals surface area (Å²) in [5.41, 5.74) is 5.58. The number of aliphatic hydroxyl groups excluding tert-OH is 1.